The maximum Gasteiger partial charge on any atom is 0.216 e. The Morgan fingerprint density at radius 1 is 1.00 bits per heavy atom. The van der Waals surface area contributed by atoms with Crippen molar-refractivity contribution in [3.05, 3.63) is 53.6 Å². The summed E-state index contributed by atoms with van der Waals surface area (Å²) in [5.74, 6) is 2.21. The lowest BCUT2D eigenvalue weighted by Crippen LogP contribution is -2.35. The molecule has 2 fully saturated rings. The summed E-state index contributed by atoms with van der Waals surface area (Å²) < 4.78 is 14.1. The lowest BCUT2D eigenvalue weighted by atomic mass is 9.67. The van der Waals surface area contributed by atoms with Crippen LogP contribution in [0.3, 0.4) is 0 Å². The van der Waals surface area contributed by atoms with E-state index in [4.69, 9.17) is 0 Å². The van der Waals surface area contributed by atoms with Gasteiger partial charge < -0.3 is 5.32 Å². The Labute approximate surface area is 160 Å². The van der Waals surface area contributed by atoms with Crippen LogP contribution in [0.15, 0.2) is 36.5 Å². The monoisotopic (exact) mass is 373 g/mol. The molecule has 2 aromatic carbocycles. The number of aromatic amines is 2. The third-order valence-corrected chi connectivity index (χ3v) is 7.57. The molecule has 6 heteroatoms. The first-order valence-electron chi connectivity index (χ1n) is 10.1. The van der Waals surface area contributed by atoms with E-state index >= 15 is 0 Å². The molecule has 0 amide bonds. The van der Waals surface area contributed by atoms with Gasteiger partial charge in [0, 0.05) is 11.1 Å². The average Bonchev–Trinajstić information content (AvgIpc) is 3.51. The smallest absolute Gasteiger partial charge is 0.216 e. The number of H-pyrrole nitrogens is 2. The van der Waals surface area contributed by atoms with Gasteiger partial charge in [0.1, 0.15) is 0 Å². The molecule has 2 bridgehead atoms. The number of rotatable bonds is 1. The molecule has 3 heterocycles. The van der Waals surface area contributed by atoms with Gasteiger partial charge in [-0.2, -0.15) is 14.6 Å². The van der Waals surface area contributed by atoms with Crippen molar-refractivity contribution in [1.82, 2.24) is 20.4 Å². The van der Waals surface area contributed by atoms with E-state index in [1.807, 2.05) is 18.3 Å². The van der Waals surface area contributed by atoms with Crippen LogP contribution in [0.25, 0.3) is 21.8 Å². The predicted octanol–water partition coefficient (Wildman–Crippen LogP) is 4.87. The van der Waals surface area contributed by atoms with Crippen molar-refractivity contribution in [2.24, 2.45) is 17.8 Å². The molecule has 5 nitrogen and oxygen atoms in total. The maximum atomic E-state index is 14.1. The molecule has 0 saturated heterocycles. The van der Waals surface area contributed by atoms with Crippen molar-refractivity contribution in [1.29, 1.82) is 0 Å². The van der Waals surface area contributed by atoms with Gasteiger partial charge in [-0.05, 0) is 78.3 Å². The van der Waals surface area contributed by atoms with Crippen molar-refractivity contribution < 1.29 is 4.39 Å². The molecule has 0 spiro atoms. The summed E-state index contributed by atoms with van der Waals surface area (Å²) in [4.78, 5) is 0. The Morgan fingerprint density at radius 2 is 1.93 bits per heavy atom. The summed E-state index contributed by atoms with van der Waals surface area (Å²) in [6, 6.07) is 10.5. The fraction of sp³-hybridized carbons (Fsp3) is 0.364. The van der Waals surface area contributed by atoms with Crippen LogP contribution >= 0.6 is 0 Å². The number of fused-ring (bicyclic) bond motifs is 10. The van der Waals surface area contributed by atoms with Crippen molar-refractivity contribution in [2.45, 2.75) is 31.2 Å². The summed E-state index contributed by atoms with van der Waals surface area (Å²) in [5, 5.41) is 19.6. The van der Waals surface area contributed by atoms with Crippen LogP contribution in [0.2, 0.25) is 0 Å². The summed E-state index contributed by atoms with van der Waals surface area (Å²) in [7, 11) is 0. The average molecular weight is 373 g/mol. The third-order valence-electron chi connectivity index (χ3n) is 7.57. The molecule has 2 aromatic heterocycles. The highest BCUT2D eigenvalue weighted by Crippen LogP contribution is 2.64. The van der Waals surface area contributed by atoms with Crippen molar-refractivity contribution in [3.8, 4) is 0 Å². The molecule has 28 heavy (non-hydrogen) atoms. The van der Waals surface area contributed by atoms with Crippen LogP contribution in [0.5, 0.6) is 0 Å². The minimum absolute atomic E-state index is 0.204. The van der Waals surface area contributed by atoms with Gasteiger partial charge in [-0.1, -0.05) is 6.07 Å². The normalized spacial score (nSPS) is 30.5. The molecular weight excluding hydrogens is 353 g/mol. The van der Waals surface area contributed by atoms with Crippen LogP contribution in [0, 0.1) is 23.7 Å². The van der Waals surface area contributed by atoms with Crippen LogP contribution < -0.4 is 5.32 Å². The largest absolute Gasteiger partial charge is 0.378 e. The minimum atomic E-state index is -0.349. The molecule has 3 aliphatic rings. The molecule has 7 rings (SSSR count). The molecule has 1 aliphatic heterocycles. The number of benzene rings is 2. The van der Waals surface area contributed by atoms with Crippen LogP contribution in [-0.4, -0.2) is 20.4 Å². The highest BCUT2D eigenvalue weighted by molar-refractivity contribution is 5.89. The standard InChI is InChI=1S/C22H20FN5/c23-22-13-8-12(3-4-15(13)27-28-22)21-19-11-2-1-10(7-11)18(19)20-14-9-24-26-16(14)5-6-17(20)25-21/h3-6,8-11,18-19,21,25H,1-2,7H2,(H,24,26)(H,27,28)/t10-,11+,18+,19-,21+/m1/s1. The number of hydrogen-bond acceptors (Lipinski definition) is 3. The van der Waals surface area contributed by atoms with E-state index in [0.29, 0.717) is 22.7 Å². The summed E-state index contributed by atoms with van der Waals surface area (Å²) in [6.07, 6.45) is 5.92. The lowest BCUT2D eigenvalue weighted by molar-refractivity contribution is 0.249. The molecule has 140 valence electrons. The Morgan fingerprint density at radius 3 is 2.89 bits per heavy atom. The van der Waals surface area contributed by atoms with E-state index in [1.165, 1.54) is 35.9 Å². The zero-order chi connectivity index (χ0) is 18.4. The minimum Gasteiger partial charge on any atom is -0.378 e. The fourth-order valence-electron chi connectivity index (χ4n) is 6.53. The van der Waals surface area contributed by atoms with E-state index < -0.39 is 0 Å². The van der Waals surface area contributed by atoms with Gasteiger partial charge in [-0.3, -0.25) is 10.2 Å². The first-order valence-corrected chi connectivity index (χ1v) is 10.1. The number of hydrogen-bond donors (Lipinski definition) is 3. The van der Waals surface area contributed by atoms with Crippen LogP contribution in [0.1, 0.15) is 42.3 Å². The second kappa shape index (κ2) is 5.13. The molecule has 2 saturated carbocycles. The number of halogens is 1. The van der Waals surface area contributed by atoms with Gasteiger partial charge in [-0.25, -0.2) is 0 Å². The second-order valence-corrected chi connectivity index (χ2v) is 8.73. The van der Waals surface area contributed by atoms with Crippen molar-refractivity contribution in [2.75, 3.05) is 5.32 Å². The van der Waals surface area contributed by atoms with E-state index in [-0.39, 0.29) is 12.0 Å². The van der Waals surface area contributed by atoms with Crippen LogP contribution in [0.4, 0.5) is 10.1 Å². The highest BCUT2D eigenvalue weighted by Gasteiger charge is 2.54. The third kappa shape index (κ3) is 1.81. The zero-order valence-corrected chi connectivity index (χ0v) is 15.2. The molecule has 0 unspecified atom stereocenters. The summed E-state index contributed by atoms with van der Waals surface area (Å²) in [5.41, 5.74) is 5.61. The van der Waals surface area contributed by atoms with Gasteiger partial charge >= 0.3 is 0 Å². The quantitative estimate of drug-likeness (QED) is 0.446. The van der Waals surface area contributed by atoms with Gasteiger partial charge in [0.25, 0.3) is 0 Å². The lowest BCUT2D eigenvalue weighted by Gasteiger charge is -2.43. The van der Waals surface area contributed by atoms with Crippen molar-refractivity contribution >= 4 is 27.5 Å². The second-order valence-electron chi connectivity index (χ2n) is 8.73. The number of anilines is 1. The molecule has 4 aromatic rings. The molecule has 5 atom stereocenters. The molecular formula is C22H20FN5. The topological polar surface area (TPSA) is 69.4 Å². The van der Waals surface area contributed by atoms with Crippen LogP contribution in [-0.2, 0) is 0 Å². The molecule has 3 N–H and O–H groups in total. The first-order chi connectivity index (χ1) is 13.8. The Kier molecular flexibility index (Phi) is 2.76. The Balaban J connectivity index is 1.44. The number of nitrogens with zero attached hydrogens (tertiary/aromatic N) is 2. The number of nitrogens with one attached hydrogen (secondary N) is 3. The predicted molar refractivity (Wildman–Crippen MR) is 106 cm³/mol. The maximum absolute atomic E-state index is 14.1. The SMILES string of the molecule is Fc1[nH]nc2ccc([C@@H]3Nc4ccc5[nH]ncc5c4[C@H]4[C@@H]5CC[C@@H](C5)[C@H]43)cc12. The highest BCUT2D eigenvalue weighted by atomic mass is 19.1. The molecule has 0 radical (unpaired) electrons. The van der Waals surface area contributed by atoms with Gasteiger partial charge in [0.2, 0.25) is 5.95 Å². The van der Waals surface area contributed by atoms with Gasteiger partial charge in [0.15, 0.2) is 0 Å². The summed E-state index contributed by atoms with van der Waals surface area (Å²) >= 11 is 0. The zero-order valence-electron chi connectivity index (χ0n) is 15.2. The van der Waals surface area contributed by atoms with E-state index in [0.717, 1.165) is 22.9 Å². The number of aromatic nitrogens is 4. The first kappa shape index (κ1) is 15.1. The fourth-order valence-corrected chi connectivity index (χ4v) is 6.53. The Hall–Kier alpha value is -2.89. The van der Waals surface area contributed by atoms with E-state index in [1.54, 1.807) is 0 Å². The van der Waals surface area contributed by atoms with E-state index in [9.17, 15) is 4.39 Å². The van der Waals surface area contributed by atoms with Gasteiger partial charge in [-0.15, -0.1) is 0 Å². The summed E-state index contributed by atoms with van der Waals surface area (Å²) in [6.45, 7) is 0. The Bertz CT molecular complexity index is 1240. The van der Waals surface area contributed by atoms with E-state index in [2.05, 4.69) is 43.9 Å². The van der Waals surface area contributed by atoms with Gasteiger partial charge in [0.05, 0.1) is 28.7 Å². The molecule has 2 aliphatic carbocycles. The van der Waals surface area contributed by atoms with Crippen molar-refractivity contribution in [3.63, 3.8) is 0 Å².